The number of rotatable bonds is 3. The lowest BCUT2D eigenvalue weighted by molar-refractivity contribution is -0.118. The fraction of sp³-hybridized carbons (Fsp3) is 0.250. The van der Waals surface area contributed by atoms with Gasteiger partial charge in [0.2, 0.25) is 17.7 Å². The molecule has 5 nitrogen and oxygen atoms in total. The Bertz CT molecular complexity index is 902. The van der Waals surface area contributed by atoms with Crippen molar-refractivity contribution in [2.75, 3.05) is 11.4 Å². The van der Waals surface area contributed by atoms with Crippen LogP contribution in [0.5, 0.6) is 0 Å². The molecule has 4 rings (SSSR count). The molecule has 1 aliphatic rings. The van der Waals surface area contributed by atoms with Crippen molar-refractivity contribution < 1.29 is 9.21 Å². The van der Waals surface area contributed by atoms with Crippen LogP contribution in [0, 0.1) is 6.92 Å². The monoisotopic (exact) mass is 333 g/mol. The minimum Gasteiger partial charge on any atom is -0.425 e. The summed E-state index contributed by atoms with van der Waals surface area (Å²) in [5.41, 5.74) is 4.58. The van der Waals surface area contributed by atoms with E-state index in [1.807, 2.05) is 29.2 Å². The van der Waals surface area contributed by atoms with Gasteiger partial charge in [0.1, 0.15) is 6.42 Å². The van der Waals surface area contributed by atoms with Crippen LogP contribution in [0.25, 0.3) is 11.1 Å². The molecule has 0 radical (unpaired) electrons. The van der Waals surface area contributed by atoms with E-state index in [1.54, 1.807) is 6.92 Å². The van der Waals surface area contributed by atoms with Gasteiger partial charge in [-0.05, 0) is 41.7 Å². The summed E-state index contributed by atoms with van der Waals surface area (Å²) in [4.78, 5) is 14.5. The van der Waals surface area contributed by atoms with Gasteiger partial charge in [0, 0.05) is 19.2 Å². The van der Waals surface area contributed by atoms with Crippen LogP contribution in [0.2, 0.25) is 0 Å². The number of anilines is 1. The molecule has 0 unspecified atom stereocenters. The van der Waals surface area contributed by atoms with Crippen molar-refractivity contribution in [2.45, 2.75) is 26.2 Å². The standard InChI is InChI=1S/C20H19N3O2/c1-14-21-22-19(25-14)13-20(24)23-11-5-8-17-12-16(9-10-18(17)23)15-6-3-2-4-7-15/h2-4,6-7,9-10,12H,5,8,11,13H2,1H3. The first kappa shape index (κ1) is 15.6. The molecular formula is C20H19N3O2. The summed E-state index contributed by atoms with van der Waals surface area (Å²) in [5, 5.41) is 7.71. The first-order valence-electron chi connectivity index (χ1n) is 8.48. The Morgan fingerprint density at radius 3 is 2.72 bits per heavy atom. The Balaban J connectivity index is 1.60. The van der Waals surface area contributed by atoms with Gasteiger partial charge in [-0.1, -0.05) is 36.4 Å². The molecule has 0 saturated heterocycles. The second-order valence-electron chi connectivity index (χ2n) is 6.25. The van der Waals surface area contributed by atoms with Crippen LogP contribution in [0.4, 0.5) is 5.69 Å². The predicted molar refractivity (Wildman–Crippen MR) is 95.3 cm³/mol. The largest absolute Gasteiger partial charge is 0.425 e. The van der Waals surface area contributed by atoms with Crippen molar-refractivity contribution in [3.63, 3.8) is 0 Å². The number of fused-ring (bicyclic) bond motifs is 1. The van der Waals surface area contributed by atoms with Crippen LogP contribution in [0.3, 0.4) is 0 Å². The van der Waals surface area contributed by atoms with Crippen molar-refractivity contribution in [3.8, 4) is 11.1 Å². The molecule has 0 fully saturated rings. The lowest BCUT2D eigenvalue weighted by Gasteiger charge is -2.29. The van der Waals surface area contributed by atoms with Crippen molar-refractivity contribution in [2.24, 2.45) is 0 Å². The van der Waals surface area contributed by atoms with Crippen molar-refractivity contribution >= 4 is 11.6 Å². The van der Waals surface area contributed by atoms with Gasteiger partial charge in [0.15, 0.2) is 0 Å². The normalized spacial score (nSPS) is 13.6. The number of aromatic nitrogens is 2. The van der Waals surface area contributed by atoms with Crippen LogP contribution in [0.1, 0.15) is 23.8 Å². The first-order valence-corrected chi connectivity index (χ1v) is 8.48. The highest BCUT2D eigenvalue weighted by Gasteiger charge is 2.24. The van der Waals surface area contributed by atoms with E-state index in [9.17, 15) is 4.79 Å². The van der Waals surface area contributed by atoms with E-state index in [2.05, 4.69) is 34.5 Å². The summed E-state index contributed by atoms with van der Waals surface area (Å²) < 4.78 is 5.34. The Hall–Kier alpha value is -2.95. The van der Waals surface area contributed by atoms with Crippen LogP contribution < -0.4 is 4.90 Å². The third-order valence-electron chi connectivity index (χ3n) is 4.48. The number of hydrogen-bond acceptors (Lipinski definition) is 4. The van der Waals surface area contributed by atoms with E-state index in [0.29, 0.717) is 11.8 Å². The SMILES string of the molecule is Cc1nnc(CC(=O)N2CCCc3cc(-c4ccccc4)ccc32)o1. The molecule has 1 aliphatic heterocycles. The van der Waals surface area contributed by atoms with E-state index >= 15 is 0 Å². The number of carbonyl (C=O) groups excluding carboxylic acids is 1. The predicted octanol–water partition coefficient (Wildman–Crippen LogP) is 3.57. The lowest BCUT2D eigenvalue weighted by atomic mass is 9.96. The average Bonchev–Trinajstić information content (AvgIpc) is 3.06. The highest BCUT2D eigenvalue weighted by Crippen LogP contribution is 2.32. The maximum Gasteiger partial charge on any atom is 0.236 e. The zero-order valence-electron chi connectivity index (χ0n) is 14.1. The summed E-state index contributed by atoms with van der Waals surface area (Å²) >= 11 is 0. The van der Waals surface area contributed by atoms with Gasteiger partial charge in [0.05, 0.1) is 0 Å². The number of aryl methyl sites for hydroxylation is 2. The number of hydrogen-bond donors (Lipinski definition) is 0. The molecule has 0 saturated carbocycles. The van der Waals surface area contributed by atoms with Crippen LogP contribution in [0.15, 0.2) is 52.9 Å². The Labute approximate surface area is 146 Å². The molecule has 0 atom stereocenters. The third-order valence-corrected chi connectivity index (χ3v) is 4.48. The molecule has 126 valence electrons. The van der Waals surface area contributed by atoms with Crippen LogP contribution >= 0.6 is 0 Å². The number of amides is 1. The van der Waals surface area contributed by atoms with Gasteiger partial charge in [-0.25, -0.2) is 0 Å². The Kier molecular flexibility index (Phi) is 4.06. The first-order chi connectivity index (χ1) is 12.2. The van der Waals surface area contributed by atoms with E-state index in [-0.39, 0.29) is 12.3 Å². The molecule has 1 aromatic heterocycles. The average molecular weight is 333 g/mol. The topological polar surface area (TPSA) is 59.2 Å². The molecule has 0 spiro atoms. The molecule has 3 aromatic rings. The van der Waals surface area contributed by atoms with Gasteiger partial charge in [-0.2, -0.15) is 0 Å². The molecule has 1 amide bonds. The molecule has 2 aromatic carbocycles. The highest BCUT2D eigenvalue weighted by molar-refractivity contribution is 5.95. The summed E-state index contributed by atoms with van der Waals surface area (Å²) in [7, 11) is 0. The van der Waals surface area contributed by atoms with Crippen molar-refractivity contribution in [3.05, 3.63) is 65.9 Å². The zero-order valence-corrected chi connectivity index (χ0v) is 14.1. The maximum absolute atomic E-state index is 12.7. The fourth-order valence-corrected chi connectivity index (χ4v) is 3.30. The summed E-state index contributed by atoms with van der Waals surface area (Å²) in [6.45, 7) is 2.45. The molecular weight excluding hydrogens is 314 g/mol. The van der Waals surface area contributed by atoms with Crippen LogP contribution in [-0.2, 0) is 17.6 Å². The summed E-state index contributed by atoms with van der Waals surface area (Å²) in [6.07, 6.45) is 2.08. The Morgan fingerprint density at radius 1 is 1.12 bits per heavy atom. The smallest absolute Gasteiger partial charge is 0.236 e. The van der Waals surface area contributed by atoms with Gasteiger partial charge >= 0.3 is 0 Å². The number of nitrogens with zero attached hydrogens (tertiary/aromatic N) is 3. The second kappa shape index (κ2) is 6.51. The van der Waals surface area contributed by atoms with Gasteiger partial charge < -0.3 is 9.32 Å². The van der Waals surface area contributed by atoms with E-state index in [4.69, 9.17) is 4.42 Å². The number of benzene rings is 2. The molecule has 5 heteroatoms. The lowest BCUT2D eigenvalue weighted by Crippen LogP contribution is -2.36. The van der Waals surface area contributed by atoms with E-state index < -0.39 is 0 Å². The van der Waals surface area contributed by atoms with E-state index in [1.165, 1.54) is 16.7 Å². The molecule has 25 heavy (non-hydrogen) atoms. The molecule has 0 bridgehead atoms. The molecule has 2 heterocycles. The fourth-order valence-electron chi connectivity index (χ4n) is 3.30. The summed E-state index contributed by atoms with van der Waals surface area (Å²) in [5.74, 6) is 0.849. The van der Waals surface area contributed by atoms with Gasteiger partial charge in [-0.3, -0.25) is 4.79 Å². The molecule has 0 N–H and O–H groups in total. The summed E-state index contributed by atoms with van der Waals surface area (Å²) in [6, 6.07) is 16.6. The maximum atomic E-state index is 12.7. The van der Waals surface area contributed by atoms with Gasteiger partial charge in [-0.15, -0.1) is 10.2 Å². The third kappa shape index (κ3) is 3.18. The van der Waals surface area contributed by atoms with Crippen molar-refractivity contribution in [1.29, 1.82) is 0 Å². The Morgan fingerprint density at radius 2 is 1.96 bits per heavy atom. The van der Waals surface area contributed by atoms with Crippen molar-refractivity contribution in [1.82, 2.24) is 10.2 Å². The molecule has 0 aliphatic carbocycles. The minimum atomic E-state index is -0.00272. The minimum absolute atomic E-state index is 0.00272. The number of carbonyl (C=O) groups is 1. The van der Waals surface area contributed by atoms with Crippen LogP contribution in [-0.4, -0.2) is 22.6 Å². The highest BCUT2D eigenvalue weighted by atomic mass is 16.4. The quantitative estimate of drug-likeness (QED) is 0.735. The second-order valence-corrected chi connectivity index (χ2v) is 6.25. The van der Waals surface area contributed by atoms with Gasteiger partial charge in [0.25, 0.3) is 0 Å². The zero-order chi connectivity index (χ0) is 17.2. The van der Waals surface area contributed by atoms with E-state index in [0.717, 1.165) is 25.1 Å².